The van der Waals surface area contributed by atoms with Gasteiger partial charge in [0.2, 0.25) is 0 Å². The van der Waals surface area contributed by atoms with Gasteiger partial charge in [0.15, 0.2) is 0 Å². The zero-order valence-corrected chi connectivity index (χ0v) is 8.81. The Labute approximate surface area is 89.9 Å². The topological polar surface area (TPSA) is 44.1 Å². The molecule has 0 aromatic heterocycles. The number of nitrogens with zero attached hydrogens (tertiary/aromatic N) is 2. The van der Waals surface area contributed by atoms with E-state index in [0.29, 0.717) is 12.1 Å². The molecule has 15 heavy (non-hydrogen) atoms. The van der Waals surface area contributed by atoms with Crippen LogP contribution in [0.2, 0.25) is 0 Å². The van der Waals surface area contributed by atoms with Crippen molar-refractivity contribution in [3.8, 4) is 6.07 Å². The SMILES string of the molecule is CCCN(CC#N)C(=O)c1ccccc1. The first-order valence-electron chi connectivity index (χ1n) is 5.01. The standard InChI is InChI=1S/C12H14N2O/c1-2-9-14(10-8-13)12(15)11-6-4-3-5-7-11/h3-7H,2,9-10H2,1H3. The van der Waals surface area contributed by atoms with Gasteiger partial charge in [0.1, 0.15) is 6.54 Å². The second kappa shape index (κ2) is 5.82. The molecule has 1 aromatic carbocycles. The average Bonchev–Trinajstić information content (AvgIpc) is 2.29. The maximum absolute atomic E-state index is 11.9. The van der Waals surface area contributed by atoms with Gasteiger partial charge in [0.25, 0.3) is 5.91 Å². The number of hydrogen-bond acceptors (Lipinski definition) is 2. The summed E-state index contributed by atoms with van der Waals surface area (Å²) in [5, 5.41) is 8.62. The third-order valence-electron chi connectivity index (χ3n) is 2.06. The van der Waals surface area contributed by atoms with Crippen LogP contribution in [-0.2, 0) is 0 Å². The summed E-state index contributed by atoms with van der Waals surface area (Å²) in [5.41, 5.74) is 0.640. The molecule has 0 spiro atoms. The summed E-state index contributed by atoms with van der Waals surface area (Å²) in [7, 11) is 0. The van der Waals surface area contributed by atoms with E-state index in [9.17, 15) is 4.79 Å². The van der Waals surface area contributed by atoms with E-state index in [1.54, 1.807) is 17.0 Å². The molecule has 0 aliphatic carbocycles. The molecule has 0 heterocycles. The zero-order valence-electron chi connectivity index (χ0n) is 8.81. The Morgan fingerprint density at radius 1 is 1.40 bits per heavy atom. The van der Waals surface area contributed by atoms with Crippen molar-refractivity contribution in [2.24, 2.45) is 0 Å². The van der Waals surface area contributed by atoms with E-state index >= 15 is 0 Å². The first-order valence-corrected chi connectivity index (χ1v) is 5.01. The van der Waals surface area contributed by atoms with E-state index in [4.69, 9.17) is 5.26 Å². The Balaban J connectivity index is 2.77. The molecule has 1 rings (SSSR count). The van der Waals surface area contributed by atoms with Gasteiger partial charge in [-0.1, -0.05) is 25.1 Å². The molecule has 0 radical (unpaired) electrons. The summed E-state index contributed by atoms with van der Waals surface area (Å²) in [4.78, 5) is 13.5. The highest BCUT2D eigenvalue weighted by atomic mass is 16.2. The van der Waals surface area contributed by atoms with Gasteiger partial charge < -0.3 is 4.90 Å². The van der Waals surface area contributed by atoms with Gasteiger partial charge in [-0.15, -0.1) is 0 Å². The van der Waals surface area contributed by atoms with Crippen LogP contribution in [0.3, 0.4) is 0 Å². The largest absolute Gasteiger partial charge is 0.325 e. The fourth-order valence-corrected chi connectivity index (χ4v) is 1.37. The smallest absolute Gasteiger partial charge is 0.254 e. The van der Waals surface area contributed by atoms with Crippen LogP contribution in [0.5, 0.6) is 0 Å². The van der Waals surface area contributed by atoms with Crippen molar-refractivity contribution in [2.45, 2.75) is 13.3 Å². The number of amides is 1. The highest BCUT2D eigenvalue weighted by Crippen LogP contribution is 2.04. The van der Waals surface area contributed by atoms with Crippen molar-refractivity contribution >= 4 is 5.91 Å². The third-order valence-corrected chi connectivity index (χ3v) is 2.06. The van der Waals surface area contributed by atoms with Crippen LogP contribution in [0.15, 0.2) is 30.3 Å². The van der Waals surface area contributed by atoms with Gasteiger partial charge in [-0.3, -0.25) is 4.79 Å². The zero-order chi connectivity index (χ0) is 11.1. The Kier molecular flexibility index (Phi) is 4.36. The van der Waals surface area contributed by atoms with Gasteiger partial charge in [-0.2, -0.15) is 5.26 Å². The Hall–Kier alpha value is -1.82. The van der Waals surface area contributed by atoms with Gasteiger partial charge >= 0.3 is 0 Å². The molecule has 3 heteroatoms. The number of nitriles is 1. The summed E-state index contributed by atoms with van der Waals surface area (Å²) in [6, 6.07) is 11.1. The lowest BCUT2D eigenvalue weighted by Crippen LogP contribution is -2.32. The maximum atomic E-state index is 11.9. The summed E-state index contributed by atoms with van der Waals surface area (Å²) in [6.07, 6.45) is 0.861. The van der Waals surface area contributed by atoms with Crippen LogP contribution < -0.4 is 0 Å². The summed E-state index contributed by atoms with van der Waals surface area (Å²) in [5.74, 6) is -0.0704. The molecule has 0 atom stereocenters. The molecule has 0 unspecified atom stereocenters. The van der Waals surface area contributed by atoms with Crippen LogP contribution >= 0.6 is 0 Å². The monoisotopic (exact) mass is 202 g/mol. The minimum atomic E-state index is -0.0704. The van der Waals surface area contributed by atoms with Gasteiger partial charge in [-0.25, -0.2) is 0 Å². The molecule has 78 valence electrons. The molecular formula is C12H14N2O. The quantitative estimate of drug-likeness (QED) is 0.701. The van der Waals surface area contributed by atoms with Crippen molar-refractivity contribution < 1.29 is 4.79 Å². The molecule has 0 saturated heterocycles. The maximum Gasteiger partial charge on any atom is 0.254 e. The summed E-state index contributed by atoms with van der Waals surface area (Å²) in [6.45, 7) is 2.77. The predicted octanol–water partition coefficient (Wildman–Crippen LogP) is 2.06. The lowest BCUT2D eigenvalue weighted by atomic mass is 10.2. The second-order valence-electron chi connectivity index (χ2n) is 3.25. The predicted molar refractivity (Wildman–Crippen MR) is 58.2 cm³/mol. The van der Waals surface area contributed by atoms with Crippen molar-refractivity contribution in [1.29, 1.82) is 5.26 Å². The van der Waals surface area contributed by atoms with E-state index in [2.05, 4.69) is 0 Å². The normalized spacial score (nSPS) is 9.33. The highest BCUT2D eigenvalue weighted by molar-refractivity contribution is 5.94. The van der Waals surface area contributed by atoms with Gasteiger partial charge in [-0.05, 0) is 18.6 Å². The fourth-order valence-electron chi connectivity index (χ4n) is 1.37. The van der Waals surface area contributed by atoms with Crippen LogP contribution in [0, 0.1) is 11.3 Å². The number of carbonyl (C=O) groups is 1. The Morgan fingerprint density at radius 2 is 2.07 bits per heavy atom. The summed E-state index contributed by atoms with van der Waals surface area (Å²) >= 11 is 0. The molecule has 0 aliphatic rings. The van der Waals surface area contributed by atoms with E-state index in [-0.39, 0.29) is 12.5 Å². The lowest BCUT2D eigenvalue weighted by molar-refractivity contribution is 0.0776. The second-order valence-corrected chi connectivity index (χ2v) is 3.25. The number of rotatable bonds is 4. The van der Waals surface area contributed by atoms with Crippen molar-refractivity contribution in [1.82, 2.24) is 4.90 Å². The van der Waals surface area contributed by atoms with E-state index in [1.165, 1.54) is 0 Å². The highest BCUT2D eigenvalue weighted by Gasteiger charge is 2.13. The third kappa shape index (κ3) is 3.10. The van der Waals surface area contributed by atoms with E-state index in [1.807, 2.05) is 31.2 Å². The van der Waals surface area contributed by atoms with E-state index in [0.717, 1.165) is 6.42 Å². The molecule has 1 amide bonds. The van der Waals surface area contributed by atoms with Crippen molar-refractivity contribution in [2.75, 3.05) is 13.1 Å². The number of benzene rings is 1. The van der Waals surface area contributed by atoms with Crippen molar-refractivity contribution in [3.63, 3.8) is 0 Å². The first kappa shape index (κ1) is 11.3. The summed E-state index contributed by atoms with van der Waals surface area (Å²) < 4.78 is 0. The molecule has 0 saturated carbocycles. The molecular weight excluding hydrogens is 188 g/mol. The lowest BCUT2D eigenvalue weighted by Gasteiger charge is -2.18. The van der Waals surface area contributed by atoms with Gasteiger partial charge in [0.05, 0.1) is 6.07 Å². The molecule has 0 fully saturated rings. The first-order chi connectivity index (χ1) is 7.29. The minimum Gasteiger partial charge on any atom is -0.325 e. The van der Waals surface area contributed by atoms with Gasteiger partial charge in [0, 0.05) is 12.1 Å². The van der Waals surface area contributed by atoms with Crippen LogP contribution in [0.1, 0.15) is 23.7 Å². The Bertz CT molecular complexity index is 354. The Morgan fingerprint density at radius 3 is 2.60 bits per heavy atom. The molecule has 3 nitrogen and oxygen atoms in total. The minimum absolute atomic E-state index is 0.0704. The average molecular weight is 202 g/mol. The molecule has 0 bridgehead atoms. The van der Waals surface area contributed by atoms with E-state index < -0.39 is 0 Å². The molecule has 1 aromatic rings. The van der Waals surface area contributed by atoms with Crippen molar-refractivity contribution in [3.05, 3.63) is 35.9 Å². The van der Waals surface area contributed by atoms with Crippen LogP contribution in [0.4, 0.5) is 0 Å². The number of carbonyl (C=O) groups excluding carboxylic acids is 1. The number of hydrogen-bond donors (Lipinski definition) is 0. The molecule has 0 aliphatic heterocycles. The fraction of sp³-hybridized carbons (Fsp3) is 0.333. The van der Waals surface area contributed by atoms with Crippen LogP contribution in [-0.4, -0.2) is 23.9 Å². The molecule has 0 N–H and O–H groups in total. The van der Waals surface area contributed by atoms with Crippen LogP contribution in [0.25, 0.3) is 0 Å².